The van der Waals surface area contributed by atoms with Gasteiger partial charge in [0.1, 0.15) is 12.4 Å². The molecule has 118 valence electrons. The van der Waals surface area contributed by atoms with Crippen molar-refractivity contribution in [2.75, 3.05) is 32.6 Å². The molecule has 0 saturated heterocycles. The normalized spacial score (nSPS) is 25.9. The molecule has 3 unspecified atom stereocenters. The van der Waals surface area contributed by atoms with E-state index in [4.69, 9.17) is 4.74 Å². The van der Waals surface area contributed by atoms with Gasteiger partial charge in [0.15, 0.2) is 0 Å². The minimum Gasteiger partial charge on any atom is -0.492 e. The van der Waals surface area contributed by atoms with Crippen LogP contribution in [-0.2, 0) is 0 Å². The van der Waals surface area contributed by atoms with Crippen molar-refractivity contribution in [3.63, 3.8) is 0 Å². The lowest BCUT2D eigenvalue weighted by Gasteiger charge is -2.34. The average molecular weight is 290 g/mol. The molecule has 0 spiro atoms. The molecule has 0 aromatic heterocycles. The highest BCUT2D eigenvalue weighted by Gasteiger charge is 2.25. The van der Waals surface area contributed by atoms with Crippen LogP contribution in [0.2, 0.25) is 0 Å². The standard InChI is InChI=1S/C18H30N2O/c1-14-5-6-15(2)18(13-14)19-16-7-9-17(10-8-16)21-12-11-20(3)4/h7-10,14-15,18-19H,5-6,11-13H2,1-4H3. The van der Waals surface area contributed by atoms with Crippen LogP contribution < -0.4 is 10.1 Å². The summed E-state index contributed by atoms with van der Waals surface area (Å²) < 4.78 is 5.73. The van der Waals surface area contributed by atoms with Crippen LogP contribution in [0.15, 0.2) is 24.3 Å². The fraction of sp³-hybridized carbons (Fsp3) is 0.667. The van der Waals surface area contributed by atoms with E-state index in [9.17, 15) is 0 Å². The van der Waals surface area contributed by atoms with Crippen LogP contribution in [0.5, 0.6) is 5.75 Å². The summed E-state index contributed by atoms with van der Waals surface area (Å²) >= 11 is 0. The molecule has 1 saturated carbocycles. The number of rotatable bonds is 6. The number of anilines is 1. The summed E-state index contributed by atoms with van der Waals surface area (Å²) in [5.41, 5.74) is 1.21. The Morgan fingerprint density at radius 3 is 2.52 bits per heavy atom. The van der Waals surface area contributed by atoms with Crippen LogP contribution >= 0.6 is 0 Å². The van der Waals surface area contributed by atoms with Gasteiger partial charge in [-0.15, -0.1) is 0 Å². The predicted octanol–water partition coefficient (Wildman–Crippen LogP) is 3.86. The van der Waals surface area contributed by atoms with Gasteiger partial charge in [0.25, 0.3) is 0 Å². The van der Waals surface area contributed by atoms with E-state index in [2.05, 4.69) is 62.4 Å². The zero-order valence-corrected chi connectivity index (χ0v) is 13.9. The first-order chi connectivity index (χ1) is 10.0. The zero-order valence-electron chi connectivity index (χ0n) is 13.9. The van der Waals surface area contributed by atoms with Gasteiger partial charge in [-0.2, -0.15) is 0 Å². The van der Waals surface area contributed by atoms with Gasteiger partial charge in [0, 0.05) is 18.3 Å². The predicted molar refractivity (Wildman–Crippen MR) is 90.1 cm³/mol. The lowest BCUT2D eigenvalue weighted by Crippen LogP contribution is -2.33. The molecule has 0 radical (unpaired) electrons. The Labute approximate surface area is 129 Å². The Balaban J connectivity index is 1.84. The van der Waals surface area contributed by atoms with Gasteiger partial charge < -0.3 is 15.0 Å². The van der Waals surface area contributed by atoms with Crippen molar-refractivity contribution in [1.29, 1.82) is 0 Å². The van der Waals surface area contributed by atoms with Gasteiger partial charge in [-0.3, -0.25) is 0 Å². The van der Waals surface area contributed by atoms with Crippen molar-refractivity contribution < 1.29 is 4.74 Å². The first-order valence-electron chi connectivity index (χ1n) is 8.18. The first-order valence-corrected chi connectivity index (χ1v) is 8.18. The zero-order chi connectivity index (χ0) is 15.2. The molecule has 1 aromatic rings. The Kier molecular flexibility index (Phi) is 5.92. The maximum absolute atomic E-state index is 5.73. The molecule has 0 aliphatic heterocycles. The highest BCUT2D eigenvalue weighted by atomic mass is 16.5. The molecule has 1 aliphatic carbocycles. The third-order valence-corrected chi connectivity index (χ3v) is 4.47. The minimum absolute atomic E-state index is 0.606. The van der Waals surface area contributed by atoms with Crippen molar-refractivity contribution in [3.05, 3.63) is 24.3 Å². The number of nitrogens with zero attached hydrogens (tertiary/aromatic N) is 1. The molecule has 21 heavy (non-hydrogen) atoms. The second-order valence-electron chi connectivity index (χ2n) is 6.82. The van der Waals surface area contributed by atoms with E-state index >= 15 is 0 Å². The maximum Gasteiger partial charge on any atom is 0.119 e. The molecule has 2 rings (SSSR count). The summed E-state index contributed by atoms with van der Waals surface area (Å²) in [6, 6.07) is 9.01. The lowest BCUT2D eigenvalue weighted by atomic mass is 9.80. The van der Waals surface area contributed by atoms with Crippen LogP contribution in [0.25, 0.3) is 0 Å². The lowest BCUT2D eigenvalue weighted by molar-refractivity contribution is 0.261. The summed E-state index contributed by atoms with van der Waals surface area (Å²) in [7, 11) is 4.12. The average Bonchev–Trinajstić information content (AvgIpc) is 2.44. The smallest absolute Gasteiger partial charge is 0.119 e. The van der Waals surface area contributed by atoms with E-state index in [0.717, 1.165) is 30.7 Å². The fourth-order valence-electron chi connectivity index (χ4n) is 2.94. The first kappa shape index (κ1) is 16.2. The molecule has 0 bridgehead atoms. The van der Waals surface area contributed by atoms with Gasteiger partial charge in [0.2, 0.25) is 0 Å². The van der Waals surface area contributed by atoms with E-state index in [0.29, 0.717) is 6.04 Å². The van der Waals surface area contributed by atoms with E-state index in [1.807, 2.05) is 0 Å². The highest BCUT2D eigenvalue weighted by molar-refractivity contribution is 5.47. The quantitative estimate of drug-likeness (QED) is 0.861. The van der Waals surface area contributed by atoms with Gasteiger partial charge in [-0.05, 0) is 63.0 Å². The molecular formula is C18H30N2O. The summed E-state index contributed by atoms with van der Waals surface area (Å²) in [6.07, 6.45) is 3.99. The largest absolute Gasteiger partial charge is 0.492 e. The van der Waals surface area contributed by atoms with Gasteiger partial charge >= 0.3 is 0 Å². The summed E-state index contributed by atoms with van der Waals surface area (Å²) in [5, 5.41) is 3.70. The SMILES string of the molecule is CC1CCC(C)C(Nc2ccc(OCCN(C)C)cc2)C1. The molecule has 0 heterocycles. The van der Waals surface area contributed by atoms with Crippen molar-refractivity contribution >= 4 is 5.69 Å². The molecule has 1 fully saturated rings. The topological polar surface area (TPSA) is 24.5 Å². The molecule has 1 aliphatic rings. The monoisotopic (exact) mass is 290 g/mol. The molecule has 3 heteroatoms. The van der Waals surface area contributed by atoms with Gasteiger partial charge in [-0.25, -0.2) is 0 Å². The Bertz CT molecular complexity index is 416. The fourth-order valence-corrected chi connectivity index (χ4v) is 2.94. The van der Waals surface area contributed by atoms with Crippen LogP contribution in [0.4, 0.5) is 5.69 Å². The summed E-state index contributed by atoms with van der Waals surface area (Å²) in [6.45, 7) is 6.40. The van der Waals surface area contributed by atoms with Gasteiger partial charge in [-0.1, -0.05) is 20.3 Å². The third kappa shape index (κ3) is 5.24. The molecular weight excluding hydrogens is 260 g/mol. The number of hydrogen-bond donors (Lipinski definition) is 1. The number of likely N-dealkylation sites (N-methyl/N-ethyl adjacent to an activating group) is 1. The molecule has 3 atom stereocenters. The highest BCUT2D eigenvalue weighted by Crippen LogP contribution is 2.31. The second-order valence-corrected chi connectivity index (χ2v) is 6.82. The van der Waals surface area contributed by atoms with Crippen LogP contribution in [0.3, 0.4) is 0 Å². The van der Waals surface area contributed by atoms with E-state index in [1.165, 1.54) is 24.9 Å². The van der Waals surface area contributed by atoms with E-state index < -0.39 is 0 Å². The van der Waals surface area contributed by atoms with Gasteiger partial charge in [0.05, 0.1) is 0 Å². The van der Waals surface area contributed by atoms with Crippen LogP contribution in [-0.4, -0.2) is 38.2 Å². The number of hydrogen-bond acceptors (Lipinski definition) is 3. The van der Waals surface area contributed by atoms with Crippen molar-refractivity contribution in [2.45, 2.75) is 39.2 Å². The Morgan fingerprint density at radius 2 is 1.86 bits per heavy atom. The molecule has 3 nitrogen and oxygen atoms in total. The maximum atomic E-state index is 5.73. The van der Waals surface area contributed by atoms with E-state index in [-0.39, 0.29) is 0 Å². The third-order valence-electron chi connectivity index (χ3n) is 4.47. The Hall–Kier alpha value is -1.22. The number of benzene rings is 1. The van der Waals surface area contributed by atoms with Crippen molar-refractivity contribution in [3.8, 4) is 5.75 Å². The minimum atomic E-state index is 0.606. The second kappa shape index (κ2) is 7.69. The summed E-state index contributed by atoms with van der Waals surface area (Å²) in [5.74, 6) is 2.55. The summed E-state index contributed by atoms with van der Waals surface area (Å²) in [4.78, 5) is 2.13. The van der Waals surface area contributed by atoms with Crippen molar-refractivity contribution in [1.82, 2.24) is 4.90 Å². The van der Waals surface area contributed by atoms with Crippen molar-refractivity contribution in [2.24, 2.45) is 11.8 Å². The Morgan fingerprint density at radius 1 is 1.14 bits per heavy atom. The molecule has 0 amide bonds. The molecule has 1 N–H and O–H groups in total. The number of ether oxygens (including phenoxy) is 1. The van der Waals surface area contributed by atoms with Crippen LogP contribution in [0.1, 0.15) is 33.1 Å². The molecule has 1 aromatic carbocycles. The van der Waals surface area contributed by atoms with E-state index in [1.54, 1.807) is 0 Å². The number of nitrogens with one attached hydrogen (secondary N) is 1. The van der Waals surface area contributed by atoms with Crippen LogP contribution in [0, 0.1) is 11.8 Å².